The lowest BCUT2D eigenvalue weighted by Crippen LogP contribution is -2.49. The highest BCUT2D eigenvalue weighted by Crippen LogP contribution is 2.22. The first-order valence-electron chi connectivity index (χ1n) is 7.52. The maximum absolute atomic E-state index is 13.0. The van der Waals surface area contributed by atoms with Gasteiger partial charge in [-0.2, -0.15) is 0 Å². The molecule has 0 radical (unpaired) electrons. The van der Waals surface area contributed by atoms with Gasteiger partial charge in [0.25, 0.3) is 5.91 Å². The van der Waals surface area contributed by atoms with Crippen LogP contribution in [0.3, 0.4) is 0 Å². The molecule has 23 heavy (non-hydrogen) atoms. The number of nitrogens with zero attached hydrogens (tertiary/aromatic N) is 6. The predicted molar refractivity (Wildman–Crippen MR) is 82.8 cm³/mol. The minimum Gasteiger partial charge on any atom is -0.336 e. The molecule has 0 aromatic carbocycles. The molecule has 1 atom stereocenters. The van der Waals surface area contributed by atoms with E-state index in [1.165, 1.54) is 0 Å². The molecule has 3 aromatic heterocycles. The molecule has 3 aromatic rings. The fourth-order valence-corrected chi connectivity index (χ4v) is 3.00. The summed E-state index contributed by atoms with van der Waals surface area (Å²) in [5, 5.41) is 11.1. The van der Waals surface area contributed by atoms with E-state index in [1.54, 1.807) is 35.3 Å². The van der Waals surface area contributed by atoms with Crippen LogP contribution in [-0.2, 0) is 7.05 Å². The van der Waals surface area contributed by atoms with Gasteiger partial charge in [0.15, 0.2) is 5.65 Å². The van der Waals surface area contributed by atoms with Gasteiger partial charge in [-0.05, 0) is 12.1 Å². The van der Waals surface area contributed by atoms with Crippen LogP contribution in [0.1, 0.15) is 22.2 Å². The maximum atomic E-state index is 13.0. The lowest BCUT2D eigenvalue weighted by Gasteiger charge is -2.35. The molecule has 0 bridgehead atoms. The Morgan fingerprint density at radius 2 is 2.30 bits per heavy atom. The third kappa shape index (κ3) is 2.36. The van der Waals surface area contributed by atoms with Crippen LogP contribution in [0.5, 0.6) is 0 Å². The molecule has 1 fully saturated rings. The Balaban J connectivity index is 1.68. The molecule has 1 N–H and O–H groups in total. The summed E-state index contributed by atoms with van der Waals surface area (Å²) in [7, 11) is 1.95. The molecule has 0 spiro atoms. The topological polar surface area (TPSA) is 80.3 Å². The normalized spacial score (nSPS) is 18.5. The van der Waals surface area contributed by atoms with E-state index in [0.717, 1.165) is 18.0 Å². The van der Waals surface area contributed by atoms with Crippen LogP contribution in [-0.4, -0.2) is 54.6 Å². The molecule has 0 aliphatic carbocycles. The van der Waals surface area contributed by atoms with E-state index in [4.69, 9.17) is 0 Å². The van der Waals surface area contributed by atoms with Crippen molar-refractivity contribution in [3.63, 3.8) is 0 Å². The first-order chi connectivity index (χ1) is 11.2. The molecule has 118 valence electrons. The zero-order valence-electron chi connectivity index (χ0n) is 12.8. The van der Waals surface area contributed by atoms with Gasteiger partial charge in [0.1, 0.15) is 18.2 Å². The van der Waals surface area contributed by atoms with Crippen molar-refractivity contribution in [2.24, 2.45) is 7.05 Å². The van der Waals surface area contributed by atoms with Crippen LogP contribution in [0.25, 0.3) is 5.65 Å². The van der Waals surface area contributed by atoms with E-state index >= 15 is 0 Å². The quantitative estimate of drug-likeness (QED) is 0.734. The Morgan fingerprint density at radius 3 is 3.13 bits per heavy atom. The van der Waals surface area contributed by atoms with Crippen molar-refractivity contribution < 1.29 is 4.79 Å². The fraction of sp³-hybridized carbons (Fsp3) is 0.333. The van der Waals surface area contributed by atoms with Crippen molar-refractivity contribution in [1.82, 2.24) is 34.4 Å². The Kier molecular flexibility index (Phi) is 3.30. The first kappa shape index (κ1) is 13.9. The molecule has 1 amide bonds. The second-order valence-electron chi connectivity index (χ2n) is 5.63. The summed E-state index contributed by atoms with van der Waals surface area (Å²) >= 11 is 0. The minimum atomic E-state index is -0.0761. The summed E-state index contributed by atoms with van der Waals surface area (Å²) in [5.41, 5.74) is 1.35. The second kappa shape index (κ2) is 5.47. The number of pyridine rings is 1. The number of carbonyl (C=O) groups excluding carboxylic acids is 1. The Morgan fingerprint density at radius 1 is 1.39 bits per heavy atom. The van der Waals surface area contributed by atoms with Gasteiger partial charge in [-0.25, -0.2) is 4.98 Å². The molecule has 8 heteroatoms. The molecule has 1 saturated heterocycles. The molecule has 8 nitrogen and oxygen atoms in total. The maximum Gasteiger partial charge on any atom is 0.256 e. The van der Waals surface area contributed by atoms with Crippen molar-refractivity contribution in [2.45, 2.75) is 6.04 Å². The highest BCUT2D eigenvalue weighted by Gasteiger charge is 2.31. The molecule has 0 saturated carbocycles. The number of aromatic nitrogens is 5. The van der Waals surface area contributed by atoms with Crippen molar-refractivity contribution >= 4 is 11.6 Å². The molecule has 4 heterocycles. The van der Waals surface area contributed by atoms with E-state index in [9.17, 15) is 4.79 Å². The number of piperazine rings is 1. The summed E-state index contributed by atoms with van der Waals surface area (Å²) in [6.45, 7) is 2.13. The number of aryl methyl sites for hydroxylation is 1. The van der Waals surface area contributed by atoms with Crippen LogP contribution in [0.4, 0.5) is 0 Å². The van der Waals surface area contributed by atoms with Crippen molar-refractivity contribution in [3.05, 3.63) is 48.4 Å². The highest BCUT2D eigenvalue weighted by atomic mass is 16.2. The lowest BCUT2D eigenvalue weighted by molar-refractivity contribution is 0.0620. The Bertz CT molecular complexity index is 852. The van der Waals surface area contributed by atoms with E-state index < -0.39 is 0 Å². The van der Waals surface area contributed by atoms with Gasteiger partial charge in [-0.15, -0.1) is 10.2 Å². The van der Waals surface area contributed by atoms with Crippen molar-refractivity contribution in [2.75, 3.05) is 19.6 Å². The van der Waals surface area contributed by atoms with Gasteiger partial charge in [-0.1, -0.05) is 0 Å². The van der Waals surface area contributed by atoms with E-state index in [0.29, 0.717) is 18.7 Å². The molecular formula is C15H17N7O. The summed E-state index contributed by atoms with van der Waals surface area (Å²) in [6.07, 6.45) is 7.03. The van der Waals surface area contributed by atoms with Crippen LogP contribution < -0.4 is 5.32 Å². The smallest absolute Gasteiger partial charge is 0.256 e. The number of hydrogen-bond acceptors (Lipinski definition) is 5. The van der Waals surface area contributed by atoms with Gasteiger partial charge in [0, 0.05) is 45.3 Å². The van der Waals surface area contributed by atoms with Crippen molar-refractivity contribution in [1.29, 1.82) is 0 Å². The lowest BCUT2D eigenvalue weighted by atomic mass is 10.1. The van der Waals surface area contributed by atoms with Gasteiger partial charge in [0.2, 0.25) is 0 Å². The standard InChI is InChI=1S/C15H17N7O/c1-20-6-5-17-14(20)12-8-16-4-7-22(12)15(23)11-2-3-13-19-18-10-21(13)9-11/h2-3,5-6,9-10,12,16H,4,7-8H2,1H3. The number of fused-ring (bicyclic) bond motifs is 1. The largest absolute Gasteiger partial charge is 0.336 e. The van der Waals surface area contributed by atoms with Gasteiger partial charge >= 0.3 is 0 Å². The van der Waals surface area contributed by atoms with Crippen molar-refractivity contribution in [3.8, 4) is 0 Å². The van der Waals surface area contributed by atoms with Crippen LogP contribution in [0, 0.1) is 0 Å². The Hall–Kier alpha value is -2.74. The third-order valence-electron chi connectivity index (χ3n) is 4.20. The average Bonchev–Trinajstić information content (AvgIpc) is 3.22. The molecule has 1 aliphatic heterocycles. The molecule has 1 aliphatic rings. The second-order valence-corrected chi connectivity index (χ2v) is 5.63. The zero-order valence-corrected chi connectivity index (χ0v) is 12.8. The number of rotatable bonds is 2. The SMILES string of the molecule is Cn1ccnc1C1CNCCN1C(=O)c1ccc2nncn2c1. The van der Waals surface area contributed by atoms with E-state index in [2.05, 4.69) is 20.5 Å². The van der Waals surface area contributed by atoms with Gasteiger partial charge < -0.3 is 14.8 Å². The predicted octanol–water partition coefficient (Wildman–Crippen LogP) is 0.250. The number of amides is 1. The van der Waals surface area contributed by atoms with E-state index in [-0.39, 0.29) is 11.9 Å². The highest BCUT2D eigenvalue weighted by molar-refractivity contribution is 5.94. The number of nitrogens with one attached hydrogen (secondary N) is 1. The van der Waals surface area contributed by atoms with E-state index in [1.807, 2.05) is 22.7 Å². The number of hydrogen-bond donors (Lipinski definition) is 1. The average molecular weight is 311 g/mol. The van der Waals surface area contributed by atoms with Gasteiger partial charge in [0.05, 0.1) is 5.56 Å². The summed E-state index contributed by atoms with van der Waals surface area (Å²) in [4.78, 5) is 19.3. The van der Waals surface area contributed by atoms with Crippen LogP contribution in [0.2, 0.25) is 0 Å². The number of carbonyl (C=O) groups is 1. The minimum absolute atomic E-state index is 0.00454. The summed E-state index contributed by atoms with van der Waals surface area (Å²) in [6, 6.07) is 3.52. The molecule has 4 rings (SSSR count). The monoisotopic (exact) mass is 311 g/mol. The number of imidazole rings is 1. The third-order valence-corrected chi connectivity index (χ3v) is 4.20. The first-order valence-corrected chi connectivity index (χ1v) is 7.52. The van der Waals surface area contributed by atoms with Crippen LogP contribution in [0.15, 0.2) is 37.1 Å². The Labute approximate surface area is 132 Å². The summed E-state index contributed by atoms with van der Waals surface area (Å²) in [5.74, 6) is 0.881. The fourth-order valence-electron chi connectivity index (χ4n) is 3.00. The van der Waals surface area contributed by atoms with Gasteiger partial charge in [-0.3, -0.25) is 9.20 Å². The zero-order chi connectivity index (χ0) is 15.8. The molecular weight excluding hydrogens is 294 g/mol. The summed E-state index contributed by atoms with van der Waals surface area (Å²) < 4.78 is 3.71. The molecule has 1 unspecified atom stereocenters. The van der Waals surface area contributed by atoms with Crippen LogP contribution >= 0.6 is 0 Å².